The van der Waals surface area contributed by atoms with Crippen molar-refractivity contribution in [1.82, 2.24) is 14.7 Å². The number of rotatable bonds is 8. The summed E-state index contributed by atoms with van der Waals surface area (Å²) in [7, 11) is 0. The van der Waals surface area contributed by atoms with Gasteiger partial charge in [-0.25, -0.2) is 0 Å². The molecule has 0 unspecified atom stereocenters. The number of fused-ring (bicyclic) bond motifs is 1. The molecule has 1 N–H and O–H groups in total. The summed E-state index contributed by atoms with van der Waals surface area (Å²) in [5.74, 6) is 1.59. The Balaban J connectivity index is 1.54. The molecule has 2 aromatic rings. The van der Waals surface area contributed by atoms with Crippen LogP contribution < -0.4 is 9.47 Å². The Labute approximate surface area is 142 Å². The maximum Gasteiger partial charge on any atom is 0.161 e. The summed E-state index contributed by atoms with van der Waals surface area (Å²) in [4.78, 5) is 2.23. The number of aromatic nitrogens is 2. The van der Waals surface area contributed by atoms with Gasteiger partial charge in [0.2, 0.25) is 0 Å². The van der Waals surface area contributed by atoms with Crippen LogP contribution in [0.5, 0.6) is 11.5 Å². The van der Waals surface area contributed by atoms with Gasteiger partial charge in [-0.05, 0) is 31.2 Å². The highest BCUT2D eigenvalue weighted by molar-refractivity contribution is 5.40. The predicted octanol–water partition coefficient (Wildman–Crippen LogP) is 1.80. The Bertz CT molecular complexity index is 618. The Morgan fingerprint density at radius 2 is 2.17 bits per heavy atom. The minimum Gasteiger partial charge on any atom is -0.486 e. The fraction of sp³-hybridized carbons (Fsp3) is 0.500. The second-order valence-electron chi connectivity index (χ2n) is 6.14. The lowest BCUT2D eigenvalue weighted by Gasteiger charge is -2.32. The van der Waals surface area contributed by atoms with E-state index in [0.29, 0.717) is 19.7 Å². The third-order valence-electron chi connectivity index (χ3n) is 4.00. The van der Waals surface area contributed by atoms with E-state index in [4.69, 9.17) is 9.47 Å². The topological polar surface area (TPSA) is 59.8 Å². The van der Waals surface area contributed by atoms with E-state index in [1.807, 2.05) is 36.5 Å². The van der Waals surface area contributed by atoms with E-state index in [2.05, 4.69) is 16.9 Å². The molecule has 0 spiro atoms. The van der Waals surface area contributed by atoms with Gasteiger partial charge in [0.05, 0.1) is 12.6 Å². The molecule has 130 valence electrons. The molecule has 2 heterocycles. The van der Waals surface area contributed by atoms with Crippen LogP contribution >= 0.6 is 0 Å². The standard InChI is InChI=1S/C18H25N3O3/c1-2-9-20(11-15(22)12-21-10-5-8-19-21)13-16-14-23-17-6-3-4-7-18(17)24-16/h3-8,10,15-16,22H,2,9,11-14H2,1H3/t15-,16-/m1/s1. The number of para-hydroxylation sites is 2. The minimum absolute atomic E-state index is 0.0247. The van der Waals surface area contributed by atoms with Gasteiger partial charge < -0.3 is 14.6 Å². The molecular weight excluding hydrogens is 306 g/mol. The average molecular weight is 331 g/mol. The zero-order valence-corrected chi connectivity index (χ0v) is 14.0. The SMILES string of the molecule is CCCN(C[C@@H](O)Cn1cccn1)C[C@@H]1COc2ccccc2O1. The fourth-order valence-electron chi connectivity index (χ4n) is 2.99. The van der Waals surface area contributed by atoms with Crippen molar-refractivity contribution in [3.05, 3.63) is 42.7 Å². The van der Waals surface area contributed by atoms with Gasteiger partial charge in [-0.15, -0.1) is 0 Å². The molecule has 6 heteroatoms. The van der Waals surface area contributed by atoms with Crippen LogP contribution in [0.25, 0.3) is 0 Å². The van der Waals surface area contributed by atoms with E-state index in [0.717, 1.165) is 31.0 Å². The lowest BCUT2D eigenvalue weighted by Crippen LogP contribution is -2.44. The highest BCUT2D eigenvalue weighted by Gasteiger charge is 2.24. The van der Waals surface area contributed by atoms with Crippen molar-refractivity contribution < 1.29 is 14.6 Å². The summed E-state index contributed by atoms with van der Waals surface area (Å²) in [6, 6.07) is 9.60. The van der Waals surface area contributed by atoms with Crippen molar-refractivity contribution in [3.8, 4) is 11.5 Å². The molecule has 0 fully saturated rings. The van der Waals surface area contributed by atoms with Crippen LogP contribution in [0.4, 0.5) is 0 Å². The van der Waals surface area contributed by atoms with Gasteiger partial charge in [0.15, 0.2) is 11.5 Å². The van der Waals surface area contributed by atoms with E-state index in [1.165, 1.54) is 0 Å². The molecule has 1 aromatic heterocycles. The number of ether oxygens (including phenoxy) is 2. The highest BCUT2D eigenvalue weighted by Crippen LogP contribution is 2.31. The summed E-state index contributed by atoms with van der Waals surface area (Å²) < 4.78 is 13.6. The van der Waals surface area contributed by atoms with E-state index < -0.39 is 6.10 Å². The maximum absolute atomic E-state index is 10.3. The molecule has 6 nitrogen and oxygen atoms in total. The van der Waals surface area contributed by atoms with Crippen LogP contribution in [0.2, 0.25) is 0 Å². The van der Waals surface area contributed by atoms with Gasteiger partial charge in [-0.3, -0.25) is 9.58 Å². The number of nitrogens with zero attached hydrogens (tertiary/aromatic N) is 3. The average Bonchev–Trinajstić information content (AvgIpc) is 3.07. The van der Waals surface area contributed by atoms with Crippen molar-refractivity contribution in [2.24, 2.45) is 0 Å². The molecule has 1 aliphatic heterocycles. The minimum atomic E-state index is -0.465. The van der Waals surface area contributed by atoms with Crippen LogP contribution in [0.3, 0.4) is 0 Å². The molecule has 0 saturated carbocycles. The largest absolute Gasteiger partial charge is 0.486 e. The summed E-state index contributed by atoms with van der Waals surface area (Å²) in [5, 5.41) is 14.5. The number of benzene rings is 1. The summed E-state index contributed by atoms with van der Waals surface area (Å²) in [6.07, 6.45) is 4.12. The molecule has 0 aliphatic carbocycles. The Morgan fingerprint density at radius 1 is 1.33 bits per heavy atom. The molecular formula is C18H25N3O3. The zero-order valence-electron chi connectivity index (χ0n) is 14.0. The lowest BCUT2D eigenvalue weighted by molar-refractivity contribution is 0.0359. The van der Waals surface area contributed by atoms with Gasteiger partial charge in [-0.1, -0.05) is 19.1 Å². The molecule has 24 heavy (non-hydrogen) atoms. The maximum atomic E-state index is 10.3. The summed E-state index contributed by atoms with van der Waals surface area (Å²) in [5.41, 5.74) is 0. The third-order valence-corrected chi connectivity index (χ3v) is 4.00. The van der Waals surface area contributed by atoms with E-state index >= 15 is 0 Å². The van der Waals surface area contributed by atoms with Crippen LogP contribution in [-0.2, 0) is 6.54 Å². The van der Waals surface area contributed by atoms with Crippen molar-refractivity contribution in [2.75, 3.05) is 26.2 Å². The van der Waals surface area contributed by atoms with Gasteiger partial charge in [0.25, 0.3) is 0 Å². The quantitative estimate of drug-likeness (QED) is 0.799. The van der Waals surface area contributed by atoms with E-state index in [-0.39, 0.29) is 6.10 Å². The van der Waals surface area contributed by atoms with Gasteiger partial charge in [0.1, 0.15) is 12.7 Å². The van der Waals surface area contributed by atoms with Crippen LogP contribution in [0, 0.1) is 0 Å². The number of hydrogen-bond acceptors (Lipinski definition) is 5. The van der Waals surface area contributed by atoms with E-state index in [1.54, 1.807) is 10.9 Å². The Morgan fingerprint density at radius 3 is 2.92 bits per heavy atom. The van der Waals surface area contributed by atoms with Crippen molar-refractivity contribution in [1.29, 1.82) is 0 Å². The first-order chi connectivity index (χ1) is 11.7. The van der Waals surface area contributed by atoms with Gasteiger partial charge in [-0.2, -0.15) is 5.10 Å². The lowest BCUT2D eigenvalue weighted by atomic mass is 10.2. The molecule has 0 saturated heterocycles. The van der Waals surface area contributed by atoms with Crippen LogP contribution in [-0.4, -0.2) is 58.2 Å². The smallest absolute Gasteiger partial charge is 0.161 e. The van der Waals surface area contributed by atoms with Crippen molar-refractivity contribution >= 4 is 0 Å². The Hall–Kier alpha value is -2.05. The first kappa shape index (κ1) is 16.8. The monoisotopic (exact) mass is 331 g/mol. The predicted molar refractivity (Wildman–Crippen MR) is 91.3 cm³/mol. The molecule has 0 amide bonds. The number of hydrogen-bond donors (Lipinski definition) is 1. The summed E-state index contributed by atoms with van der Waals surface area (Å²) in [6.45, 7) is 5.41. The zero-order chi connectivity index (χ0) is 16.8. The molecule has 1 aliphatic rings. The van der Waals surface area contributed by atoms with Gasteiger partial charge in [0, 0.05) is 25.5 Å². The molecule has 2 atom stereocenters. The number of aliphatic hydroxyl groups excluding tert-OH is 1. The molecule has 3 rings (SSSR count). The summed E-state index contributed by atoms with van der Waals surface area (Å²) >= 11 is 0. The van der Waals surface area contributed by atoms with Gasteiger partial charge >= 0.3 is 0 Å². The van der Waals surface area contributed by atoms with E-state index in [9.17, 15) is 5.11 Å². The molecule has 1 aromatic carbocycles. The second-order valence-corrected chi connectivity index (χ2v) is 6.14. The first-order valence-electron chi connectivity index (χ1n) is 8.51. The molecule has 0 bridgehead atoms. The van der Waals surface area contributed by atoms with Crippen LogP contribution in [0.15, 0.2) is 42.7 Å². The Kier molecular flexibility index (Phi) is 5.72. The normalized spacial score (nSPS) is 17.9. The van der Waals surface area contributed by atoms with Crippen molar-refractivity contribution in [2.45, 2.75) is 32.1 Å². The molecule has 0 radical (unpaired) electrons. The van der Waals surface area contributed by atoms with Crippen LogP contribution in [0.1, 0.15) is 13.3 Å². The third kappa shape index (κ3) is 4.49. The number of aliphatic hydroxyl groups is 1. The first-order valence-corrected chi connectivity index (χ1v) is 8.51. The fourth-order valence-corrected chi connectivity index (χ4v) is 2.99. The van der Waals surface area contributed by atoms with Crippen molar-refractivity contribution in [3.63, 3.8) is 0 Å². The highest BCUT2D eigenvalue weighted by atomic mass is 16.6. The second kappa shape index (κ2) is 8.17.